The molecule has 1 aromatic carbocycles. The van der Waals surface area contributed by atoms with Gasteiger partial charge in [-0.15, -0.1) is 0 Å². The molecule has 0 N–H and O–H groups in total. The molecular weight excluding hydrogens is 332 g/mol. The third-order valence-corrected chi connectivity index (χ3v) is 5.51. The average molecular weight is 354 g/mol. The molecule has 0 unspecified atom stereocenters. The van der Waals surface area contributed by atoms with Gasteiger partial charge in [-0.2, -0.15) is 0 Å². The van der Waals surface area contributed by atoms with Crippen LogP contribution in [0, 0.1) is 5.92 Å². The quantitative estimate of drug-likeness (QED) is 0.822. The maximum atomic E-state index is 6.14. The van der Waals surface area contributed by atoms with E-state index in [1.165, 1.54) is 5.56 Å². The van der Waals surface area contributed by atoms with Gasteiger partial charge in [0.05, 0.1) is 18.4 Å². The fourth-order valence-electron chi connectivity index (χ4n) is 4.12. The minimum Gasteiger partial charge on any atom is -0.492 e. The van der Waals surface area contributed by atoms with Gasteiger partial charge in [-0.05, 0) is 36.2 Å². The number of likely N-dealkylation sites (tertiary alicyclic amines) is 1. The molecule has 0 radical (unpaired) electrons. The molecule has 0 bridgehead atoms. The zero-order chi connectivity index (χ0) is 17.4. The second-order valence-electron chi connectivity index (χ2n) is 7.23. The summed E-state index contributed by atoms with van der Waals surface area (Å²) in [5.74, 6) is 2.93. The fourth-order valence-corrected chi connectivity index (χ4v) is 4.12. The van der Waals surface area contributed by atoms with Crippen molar-refractivity contribution in [1.82, 2.24) is 9.88 Å². The Morgan fingerprint density at radius 3 is 3.00 bits per heavy atom. The summed E-state index contributed by atoms with van der Waals surface area (Å²) in [6.45, 7) is 4.61. The van der Waals surface area contributed by atoms with Crippen LogP contribution in [0.5, 0.6) is 17.2 Å². The molecule has 26 heavy (non-hydrogen) atoms. The van der Waals surface area contributed by atoms with Crippen LogP contribution in [0.1, 0.15) is 12.0 Å². The molecular formula is C20H22N2O4. The van der Waals surface area contributed by atoms with Gasteiger partial charge in [-0.3, -0.25) is 9.88 Å². The maximum absolute atomic E-state index is 6.14. The second kappa shape index (κ2) is 6.45. The highest BCUT2D eigenvalue weighted by molar-refractivity contribution is 5.44. The molecule has 3 aliphatic heterocycles. The Kier molecular flexibility index (Phi) is 3.94. The van der Waals surface area contributed by atoms with Crippen molar-refractivity contribution in [2.24, 2.45) is 5.92 Å². The number of ether oxygens (including phenoxy) is 4. The number of pyridine rings is 1. The van der Waals surface area contributed by atoms with Gasteiger partial charge in [0.1, 0.15) is 5.75 Å². The summed E-state index contributed by atoms with van der Waals surface area (Å²) in [6, 6.07) is 10.0. The first-order valence-electron chi connectivity index (χ1n) is 9.08. The Labute approximate surface area is 152 Å². The lowest BCUT2D eigenvalue weighted by molar-refractivity contribution is -0.140. The minimum absolute atomic E-state index is 0.0570. The predicted molar refractivity (Wildman–Crippen MR) is 94.4 cm³/mol. The monoisotopic (exact) mass is 354 g/mol. The number of hydrogen-bond donors (Lipinski definition) is 0. The molecule has 0 saturated carbocycles. The van der Waals surface area contributed by atoms with Crippen LogP contribution >= 0.6 is 0 Å². The van der Waals surface area contributed by atoms with Crippen molar-refractivity contribution < 1.29 is 18.9 Å². The summed E-state index contributed by atoms with van der Waals surface area (Å²) >= 11 is 0. The molecule has 2 fully saturated rings. The Morgan fingerprint density at radius 1 is 1.19 bits per heavy atom. The van der Waals surface area contributed by atoms with Crippen LogP contribution in [0.2, 0.25) is 0 Å². The molecule has 5 rings (SSSR count). The minimum atomic E-state index is -0.0570. The number of aromatic nitrogens is 1. The largest absolute Gasteiger partial charge is 0.492 e. The van der Waals surface area contributed by atoms with Crippen LogP contribution in [0.4, 0.5) is 0 Å². The predicted octanol–water partition coefficient (Wildman–Crippen LogP) is 2.48. The normalized spacial score (nSPS) is 23.2. The molecule has 2 saturated heterocycles. The van der Waals surface area contributed by atoms with Gasteiger partial charge in [0.2, 0.25) is 6.79 Å². The van der Waals surface area contributed by atoms with Crippen molar-refractivity contribution in [3.63, 3.8) is 0 Å². The summed E-state index contributed by atoms with van der Waals surface area (Å²) in [5.41, 5.74) is 1.18. The van der Waals surface area contributed by atoms with Crippen LogP contribution in [0.15, 0.2) is 42.7 Å². The maximum Gasteiger partial charge on any atom is 0.231 e. The summed E-state index contributed by atoms with van der Waals surface area (Å²) in [6.07, 6.45) is 4.57. The highest BCUT2D eigenvalue weighted by Crippen LogP contribution is 2.41. The lowest BCUT2D eigenvalue weighted by Gasteiger charge is -2.50. The summed E-state index contributed by atoms with van der Waals surface area (Å²) in [7, 11) is 0. The van der Waals surface area contributed by atoms with Gasteiger partial charge < -0.3 is 18.9 Å². The highest BCUT2D eigenvalue weighted by Gasteiger charge is 2.53. The van der Waals surface area contributed by atoms with E-state index in [1.54, 1.807) is 12.4 Å². The highest BCUT2D eigenvalue weighted by atomic mass is 16.7. The van der Waals surface area contributed by atoms with Crippen molar-refractivity contribution in [2.75, 3.05) is 33.1 Å². The van der Waals surface area contributed by atoms with E-state index < -0.39 is 0 Å². The van der Waals surface area contributed by atoms with Crippen molar-refractivity contribution >= 4 is 0 Å². The van der Waals surface area contributed by atoms with Gasteiger partial charge in [-0.1, -0.05) is 6.07 Å². The molecule has 6 nitrogen and oxygen atoms in total. The Hall–Kier alpha value is -2.31. The van der Waals surface area contributed by atoms with Crippen LogP contribution in [0.25, 0.3) is 0 Å². The second-order valence-corrected chi connectivity index (χ2v) is 7.23. The van der Waals surface area contributed by atoms with Crippen LogP contribution in [0.3, 0.4) is 0 Å². The topological polar surface area (TPSA) is 53.1 Å². The lowest BCUT2D eigenvalue weighted by atomic mass is 9.81. The molecule has 136 valence electrons. The Balaban J connectivity index is 1.18. The molecule has 0 aliphatic carbocycles. The number of hydrogen-bond acceptors (Lipinski definition) is 6. The fraction of sp³-hybridized carbons (Fsp3) is 0.450. The zero-order valence-electron chi connectivity index (χ0n) is 14.6. The van der Waals surface area contributed by atoms with E-state index in [0.29, 0.717) is 19.3 Å². The first kappa shape index (κ1) is 15.9. The summed E-state index contributed by atoms with van der Waals surface area (Å²) in [5, 5.41) is 0. The molecule has 2 aromatic rings. The van der Waals surface area contributed by atoms with Gasteiger partial charge in [0, 0.05) is 38.4 Å². The lowest BCUT2D eigenvalue weighted by Crippen LogP contribution is -2.64. The van der Waals surface area contributed by atoms with E-state index in [-0.39, 0.29) is 5.60 Å². The van der Waals surface area contributed by atoms with Crippen molar-refractivity contribution in [3.05, 3.63) is 48.3 Å². The number of fused-ring (bicyclic) bond motifs is 1. The van der Waals surface area contributed by atoms with Crippen molar-refractivity contribution in [1.29, 1.82) is 0 Å². The third kappa shape index (κ3) is 2.89. The van der Waals surface area contributed by atoms with E-state index >= 15 is 0 Å². The van der Waals surface area contributed by atoms with Crippen molar-refractivity contribution in [2.45, 2.75) is 18.6 Å². The van der Waals surface area contributed by atoms with E-state index in [1.807, 2.05) is 18.2 Å². The molecule has 3 aliphatic rings. The van der Waals surface area contributed by atoms with E-state index in [4.69, 9.17) is 18.9 Å². The standard InChI is InChI=1S/C20H22N2O4/c1-2-17(9-21-6-1)23-11-16-5-7-26-20(16)12-22(13-20)10-15-3-4-18-19(8-15)25-14-24-18/h1-4,6,8-9,16H,5,7,10-14H2/t16-/m0/s1. The third-order valence-electron chi connectivity index (χ3n) is 5.51. The van der Waals surface area contributed by atoms with E-state index in [9.17, 15) is 0 Å². The van der Waals surface area contributed by atoms with Gasteiger partial charge in [-0.25, -0.2) is 0 Å². The molecule has 0 amide bonds. The average Bonchev–Trinajstić information content (AvgIpc) is 3.27. The molecule has 1 spiro atoms. The summed E-state index contributed by atoms with van der Waals surface area (Å²) in [4.78, 5) is 6.52. The Bertz CT molecular complexity index is 777. The number of benzene rings is 1. The zero-order valence-corrected chi connectivity index (χ0v) is 14.6. The van der Waals surface area contributed by atoms with E-state index in [2.05, 4.69) is 22.0 Å². The molecule has 6 heteroatoms. The SMILES string of the molecule is c1cncc(OC[C@@H]2CCOC23CN(Cc2ccc4c(c2)OCO4)C3)c1. The Morgan fingerprint density at radius 2 is 2.12 bits per heavy atom. The smallest absolute Gasteiger partial charge is 0.231 e. The number of nitrogens with zero attached hydrogens (tertiary/aromatic N) is 2. The van der Waals surface area contributed by atoms with Crippen LogP contribution < -0.4 is 14.2 Å². The van der Waals surface area contributed by atoms with Gasteiger partial charge >= 0.3 is 0 Å². The van der Waals surface area contributed by atoms with Crippen molar-refractivity contribution in [3.8, 4) is 17.2 Å². The molecule has 1 atom stereocenters. The number of rotatable bonds is 5. The molecule has 1 aromatic heterocycles. The van der Waals surface area contributed by atoms with Gasteiger partial charge in [0.15, 0.2) is 11.5 Å². The van der Waals surface area contributed by atoms with Crippen LogP contribution in [-0.4, -0.2) is 48.6 Å². The van der Waals surface area contributed by atoms with E-state index in [0.717, 1.165) is 49.9 Å². The van der Waals surface area contributed by atoms with Crippen LogP contribution in [-0.2, 0) is 11.3 Å². The first-order valence-corrected chi connectivity index (χ1v) is 9.08. The van der Waals surface area contributed by atoms with Gasteiger partial charge in [0.25, 0.3) is 0 Å². The molecule has 4 heterocycles. The first-order chi connectivity index (χ1) is 12.8. The summed E-state index contributed by atoms with van der Waals surface area (Å²) < 4.78 is 22.9.